The van der Waals surface area contributed by atoms with Gasteiger partial charge in [-0.15, -0.1) is 0 Å². The van der Waals surface area contributed by atoms with Crippen LogP contribution in [-0.2, 0) is 6.18 Å². The van der Waals surface area contributed by atoms with Crippen molar-refractivity contribution in [3.63, 3.8) is 0 Å². The van der Waals surface area contributed by atoms with E-state index in [1.165, 1.54) is 0 Å². The predicted octanol–water partition coefficient (Wildman–Crippen LogP) is 2.06. The lowest BCUT2D eigenvalue weighted by atomic mass is 10.0. The summed E-state index contributed by atoms with van der Waals surface area (Å²) in [5.41, 5.74) is 10.3. The zero-order chi connectivity index (χ0) is 13.1. The number of aliphatic hydroxyl groups is 1. The third-order valence-electron chi connectivity index (χ3n) is 2.45. The van der Waals surface area contributed by atoms with Crippen molar-refractivity contribution in [3.05, 3.63) is 29.3 Å². The van der Waals surface area contributed by atoms with E-state index in [2.05, 4.69) is 0 Å². The van der Waals surface area contributed by atoms with E-state index in [4.69, 9.17) is 11.5 Å². The van der Waals surface area contributed by atoms with Crippen molar-refractivity contribution < 1.29 is 18.3 Å². The van der Waals surface area contributed by atoms with Crippen LogP contribution in [0.15, 0.2) is 18.2 Å². The summed E-state index contributed by atoms with van der Waals surface area (Å²) in [6.45, 7) is 0.371. The predicted molar refractivity (Wildman–Crippen MR) is 59.1 cm³/mol. The molecular formula is C11H15F3N2O. The van der Waals surface area contributed by atoms with Crippen LogP contribution in [0.2, 0.25) is 0 Å². The molecule has 6 heteroatoms. The van der Waals surface area contributed by atoms with Gasteiger partial charge in [-0.1, -0.05) is 0 Å². The Bertz CT molecular complexity index is 379. The number of nitrogens with two attached hydrogens (primary N) is 2. The third kappa shape index (κ3) is 3.61. The molecule has 0 radical (unpaired) electrons. The van der Waals surface area contributed by atoms with Crippen molar-refractivity contribution >= 4 is 5.69 Å². The number of aliphatic hydroxyl groups excluding tert-OH is 1. The van der Waals surface area contributed by atoms with Crippen LogP contribution in [0.4, 0.5) is 18.9 Å². The van der Waals surface area contributed by atoms with Crippen LogP contribution in [0.1, 0.15) is 30.1 Å². The Kier molecular flexibility index (Phi) is 4.36. The molecule has 1 unspecified atom stereocenters. The number of anilines is 1. The maximum absolute atomic E-state index is 12.5. The Morgan fingerprint density at radius 3 is 2.47 bits per heavy atom. The number of alkyl halides is 3. The molecule has 1 aromatic carbocycles. The van der Waals surface area contributed by atoms with Crippen molar-refractivity contribution in [2.45, 2.75) is 25.1 Å². The molecule has 0 saturated carbocycles. The highest BCUT2D eigenvalue weighted by Gasteiger charge is 2.31. The van der Waals surface area contributed by atoms with Crippen LogP contribution in [0.25, 0.3) is 0 Å². The van der Waals surface area contributed by atoms with E-state index in [0.717, 1.165) is 18.2 Å². The molecule has 1 atom stereocenters. The molecule has 1 rings (SSSR count). The average Bonchev–Trinajstić information content (AvgIpc) is 2.24. The summed E-state index contributed by atoms with van der Waals surface area (Å²) in [6.07, 6.45) is -4.63. The average molecular weight is 248 g/mol. The van der Waals surface area contributed by atoms with Crippen LogP contribution in [0.5, 0.6) is 0 Å². The number of nitrogen functional groups attached to an aromatic ring is 1. The van der Waals surface area contributed by atoms with E-state index in [0.29, 0.717) is 19.4 Å². The molecule has 0 heterocycles. The van der Waals surface area contributed by atoms with Crippen molar-refractivity contribution in [2.24, 2.45) is 5.73 Å². The van der Waals surface area contributed by atoms with Crippen LogP contribution in [0.3, 0.4) is 0 Å². The zero-order valence-electron chi connectivity index (χ0n) is 9.17. The van der Waals surface area contributed by atoms with Gasteiger partial charge in [-0.3, -0.25) is 0 Å². The van der Waals surface area contributed by atoms with Crippen LogP contribution < -0.4 is 11.5 Å². The number of hydrogen-bond acceptors (Lipinski definition) is 3. The molecule has 0 saturated heterocycles. The largest absolute Gasteiger partial charge is 0.416 e. The van der Waals surface area contributed by atoms with Crippen molar-refractivity contribution in [2.75, 3.05) is 12.3 Å². The Labute approximate surface area is 97.2 Å². The molecule has 3 nitrogen and oxygen atoms in total. The first-order valence-electron chi connectivity index (χ1n) is 5.21. The number of rotatable bonds is 4. The summed E-state index contributed by atoms with van der Waals surface area (Å²) in [4.78, 5) is 0. The molecule has 0 bridgehead atoms. The third-order valence-corrected chi connectivity index (χ3v) is 2.45. The molecule has 96 valence electrons. The Morgan fingerprint density at radius 2 is 1.94 bits per heavy atom. The summed E-state index contributed by atoms with van der Waals surface area (Å²) in [7, 11) is 0. The maximum Gasteiger partial charge on any atom is 0.416 e. The second kappa shape index (κ2) is 5.37. The molecule has 17 heavy (non-hydrogen) atoms. The van der Waals surface area contributed by atoms with Crippen molar-refractivity contribution in [1.29, 1.82) is 0 Å². The maximum atomic E-state index is 12.5. The highest BCUT2D eigenvalue weighted by molar-refractivity contribution is 5.50. The lowest BCUT2D eigenvalue weighted by Gasteiger charge is -2.15. The van der Waals surface area contributed by atoms with Crippen LogP contribution in [0, 0.1) is 0 Å². The van der Waals surface area contributed by atoms with E-state index in [1.54, 1.807) is 0 Å². The van der Waals surface area contributed by atoms with Gasteiger partial charge in [0.15, 0.2) is 0 Å². The fourth-order valence-electron chi connectivity index (χ4n) is 1.51. The fourth-order valence-corrected chi connectivity index (χ4v) is 1.51. The van der Waals surface area contributed by atoms with E-state index in [9.17, 15) is 18.3 Å². The number of halogens is 3. The topological polar surface area (TPSA) is 72.3 Å². The second-order valence-corrected chi connectivity index (χ2v) is 3.79. The van der Waals surface area contributed by atoms with Gasteiger partial charge in [0, 0.05) is 11.3 Å². The van der Waals surface area contributed by atoms with Crippen molar-refractivity contribution in [1.82, 2.24) is 0 Å². The molecule has 0 amide bonds. The minimum Gasteiger partial charge on any atom is -0.398 e. The summed E-state index contributed by atoms with van der Waals surface area (Å²) in [5, 5.41) is 9.72. The van der Waals surface area contributed by atoms with E-state index in [1.807, 2.05) is 0 Å². The Balaban J connectivity index is 2.98. The lowest BCUT2D eigenvalue weighted by Crippen LogP contribution is -2.10. The van der Waals surface area contributed by atoms with E-state index < -0.39 is 17.8 Å². The Hall–Kier alpha value is -1.27. The summed E-state index contributed by atoms with van der Waals surface area (Å²) in [6, 6.07) is 2.94. The molecule has 0 spiro atoms. The smallest absolute Gasteiger partial charge is 0.398 e. The number of benzene rings is 1. The molecule has 0 aliphatic carbocycles. The zero-order valence-corrected chi connectivity index (χ0v) is 9.17. The van der Waals surface area contributed by atoms with E-state index >= 15 is 0 Å². The first-order valence-corrected chi connectivity index (χ1v) is 5.21. The minimum absolute atomic E-state index is 0.105. The molecule has 5 N–H and O–H groups in total. The monoisotopic (exact) mass is 248 g/mol. The van der Waals surface area contributed by atoms with Gasteiger partial charge in [0.2, 0.25) is 0 Å². The summed E-state index contributed by atoms with van der Waals surface area (Å²) in [5.74, 6) is 0. The van der Waals surface area contributed by atoms with Crippen LogP contribution >= 0.6 is 0 Å². The Morgan fingerprint density at radius 1 is 1.29 bits per heavy atom. The molecule has 0 aromatic heterocycles. The SMILES string of the molecule is NCCCC(O)c1cc(C(F)(F)F)ccc1N. The van der Waals surface area contributed by atoms with Gasteiger partial charge in [-0.25, -0.2) is 0 Å². The highest BCUT2D eigenvalue weighted by Crippen LogP contribution is 2.33. The minimum atomic E-state index is -4.43. The van der Waals surface area contributed by atoms with Crippen LogP contribution in [-0.4, -0.2) is 11.7 Å². The molecule has 0 fully saturated rings. The fraction of sp³-hybridized carbons (Fsp3) is 0.455. The van der Waals surface area contributed by atoms with Crippen molar-refractivity contribution in [3.8, 4) is 0 Å². The first-order chi connectivity index (χ1) is 7.86. The highest BCUT2D eigenvalue weighted by atomic mass is 19.4. The first kappa shape index (κ1) is 13.8. The van der Waals surface area contributed by atoms with Gasteiger partial charge < -0.3 is 16.6 Å². The standard InChI is InChI=1S/C11H15F3N2O/c12-11(13,14)7-3-4-9(16)8(6-7)10(17)2-1-5-15/h3-4,6,10,17H,1-2,5,15-16H2. The molecule has 0 aliphatic heterocycles. The number of hydrogen-bond donors (Lipinski definition) is 3. The normalized spacial score (nSPS) is 13.7. The molecule has 1 aromatic rings. The van der Waals surface area contributed by atoms with Gasteiger partial charge in [0.25, 0.3) is 0 Å². The van der Waals surface area contributed by atoms with Gasteiger partial charge in [0.1, 0.15) is 0 Å². The van der Waals surface area contributed by atoms with Gasteiger partial charge in [0.05, 0.1) is 11.7 Å². The summed E-state index contributed by atoms with van der Waals surface area (Å²) < 4.78 is 37.4. The van der Waals surface area contributed by atoms with Gasteiger partial charge in [-0.2, -0.15) is 13.2 Å². The van der Waals surface area contributed by atoms with Gasteiger partial charge in [-0.05, 0) is 37.6 Å². The van der Waals surface area contributed by atoms with Gasteiger partial charge >= 0.3 is 6.18 Å². The molecular weight excluding hydrogens is 233 g/mol. The lowest BCUT2D eigenvalue weighted by molar-refractivity contribution is -0.137. The summed E-state index contributed by atoms with van der Waals surface area (Å²) >= 11 is 0. The second-order valence-electron chi connectivity index (χ2n) is 3.79. The molecule has 0 aliphatic rings. The quantitative estimate of drug-likeness (QED) is 0.714. The van der Waals surface area contributed by atoms with E-state index in [-0.39, 0.29) is 11.3 Å².